The molecule has 47 heavy (non-hydrogen) atoms. The number of hydrogen-bond donors (Lipinski definition) is 5. The molecule has 5 atom stereocenters. The number of amides is 3. The van der Waals surface area contributed by atoms with Crippen LogP contribution in [0.3, 0.4) is 0 Å². The molecule has 3 amide bonds. The molecule has 8 N–H and O–H groups in total. The topological polar surface area (TPSA) is 261 Å². The number of aliphatic imine (C=N–C) groups is 1. The Morgan fingerprint density at radius 1 is 1.19 bits per heavy atom. The van der Waals surface area contributed by atoms with Crippen LogP contribution >= 0.6 is 34.9 Å². The van der Waals surface area contributed by atoms with Gasteiger partial charge in [0, 0.05) is 40.2 Å². The first-order valence-electron chi connectivity index (χ1n) is 14.0. The van der Waals surface area contributed by atoms with Gasteiger partial charge in [0.15, 0.2) is 0 Å². The maximum Gasteiger partial charge on any atom is 0.353 e. The highest BCUT2D eigenvalue weighted by Crippen LogP contribution is 2.47. The molecular weight excluding hydrogens is 679 g/mol. The zero-order chi connectivity index (χ0) is 33.7. The first-order chi connectivity index (χ1) is 21.9. The molecule has 0 unspecified atom stereocenters. The van der Waals surface area contributed by atoms with Gasteiger partial charge in [-0.3, -0.25) is 29.1 Å². The number of aliphatic carboxylic acids is 2. The Bertz CT molecular complexity index is 1490. The summed E-state index contributed by atoms with van der Waals surface area (Å²) >= 11 is 4.17. The van der Waals surface area contributed by atoms with Gasteiger partial charge in [0.2, 0.25) is 11.8 Å². The number of nitrogens with two attached hydrogens (primary N) is 1. The molecule has 1 aromatic heterocycles. The molecule has 0 aliphatic carbocycles. The third-order valence-electron chi connectivity index (χ3n) is 7.42. The van der Waals surface area contributed by atoms with Crippen molar-refractivity contribution in [1.82, 2.24) is 15.1 Å². The van der Waals surface area contributed by atoms with E-state index in [0.29, 0.717) is 34.9 Å². The van der Waals surface area contributed by atoms with E-state index in [1.54, 1.807) is 6.92 Å². The normalized spacial score (nSPS) is 23.5. The number of thioether (sulfide) groups is 2. The minimum absolute atomic E-state index is 0. The zero-order valence-corrected chi connectivity index (χ0v) is 27.7. The number of nitrogens with zero attached hydrogens (tertiary/aromatic N) is 3. The lowest BCUT2D eigenvalue weighted by atomic mass is 9.83. The molecule has 0 radical (unpaired) electrons. The molecule has 19 heteroatoms. The van der Waals surface area contributed by atoms with E-state index in [1.807, 2.05) is 17.5 Å². The van der Waals surface area contributed by atoms with Gasteiger partial charge in [-0.15, -0.1) is 34.9 Å². The van der Waals surface area contributed by atoms with Gasteiger partial charge in [0.1, 0.15) is 29.4 Å². The van der Waals surface area contributed by atoms with Crippen molar-refractivity contribution < 1.29 is 54.3 Å². The second-order valence-corrected chi connectivity index (χ2v) is 13.8. The SMILES string of the molecule is CC(=O)OCC1=C(C(=O)O)N2C(=O)[C@@H](NC(=O)Cc3cccs3)[C@H]2SC1.C[C@@H](O)[C@H]1C(=O)N2C(C(=O)O)=C(SCCN=CN)C[C@H]12.O. The number of carboxylic acid groups (broad SMARTS) is 2. The maximum absolute atomic E-state index is 12.4. The summed E-state index contributed by atoms with van der Waals surface area (Å²) in [4.78, 5) is 78.3. The minimum Gasteiger partial charge on any atom is -0.477 e. The van der Waals surface area contributed by atoms with E-state index in [0.717, 1.165) is 9.78 Å². The molecular formula is C28H35N5O11S3. The zero-order valence-electron chi connectivity index (χ0n) is 25.3. The van der Waals surface area contributed by atoms with Crippen LogP contribution in [-0.2, 0) is 39.9 Å². The lowest BCUT2D eigenvalue weighted by molar-refractivity contribution is -0.161. The fraction of sp³-hybridized carbons (Fsp3) is 0.464. The molecule has 0 saturated carbocycles. The number of carboxylic acids is 2. The van der Waals surface area contributed by atoms with Crippen molar-refractivity contribution in [3.8, 4) is 0 Å². The fourth-order valence-electron chi connectivity index (χ4n) is 5.43. The Hall–Kier alpha value is -3.91. The van der Waals surface area contributed by atoms with Gasteiger partial charge in [-0.1, -0.05) is 6.07 Å². The fourth-order valence-corrected chi connectivity index (χ4v) is 8.52. The average Bonchev–Trinajstić information content (AvgIpc) is 3.62. The molecule has 0 spiro atoms. The molecule has 4 aliphatic rings. The summed E-state index contributed by atoms with van der Waals surface area (Å²) in [7, 11) is 0. The van der Waals surface area contributed by atoms with Crippen LogP contribution in [-0.4, -0.2) is 121 Å². The number of nitrogens with one attached hydrogen (secondary N) is 1. The van der Waals surface area contributed by atoms with E-state index in [4.69, 9.17) is 10.5 Å². The summed E-state index contributed by atoms with van der Waals surface area (Å²) in [5.41, 5.74) is 5.39. The van der Waals surface area contributed by atoms with Crippen LogP contribution in [0.2, 0.25) is 0 Å². The predicted molar refractivity (Wildman–Crippen MR) is 173 cm³/mol. The van der Waals surface area contributed by atoms with Crippen molar-refractivity contribution in [2.75, 3.05) is 24.7 Å². The van der Waals surface area contributed by atoms with Crippen molar-refractivity contribution in [2.45, 2.75) is 50.3 Å². The number of hydrogen-bond acceptors (Lipinski definition) is 12. The van der Waals surface area contributed by atoms with Crippen LogP contribution in [0.1, 0.15) is 25.1 Å². The largest absolute Gasteiger partial charge is 0.477 e. The van der Waals surface area contributed by atoms with Crippen LogP contribution in [0.4, 0.5) is 0 Å². The number of carbonyl (C=O) groups is 6. The quantitative estimate of drug-likeness (QED) is 0.0596. The molecule has 5 rings (SSSR count). The number of ether oxygens (including phenoxy) is 1. The van der Waals surface area contributed by atoms with E-state index in [-0.39, 0.29) is 47.8 Å². The molecule has 0 bridgehead atoms. The van der Waals surface area contributed by atoms with Crippen molar-refractivity contribution in [1.29, 1.82) is 0 Å². The first kappa shape index (κ1) is 37.5. The second-order valence-electron chi connectivity index (χ2n) is 10.5. The van der Waals surface area contributed by atoms with E-state index in [9.17, 15) is 44.1 Å². The standard InChI is InChI=1S/C16H16N2O6S2.C12H17N3O4S.H2O/c1-8(19)24-6-9-7-26-15-12(14(21)18(15)13(9)16(22)23)17-11(20)5-10-3-2-4-25-10;1-6(16)9-7-4-8(20-3-2-14-5-13)10(12(18)19)15(7)11(9)17;/h2-4,12,15H,5-7H2,1H3,(H,17,20)(H,22,23);5-7,9,16H,2-4H2,1H3,(H2,13,14)(H,18,19);1H2/t12-,15-;6-,7-,9-;/m11./s1. The number of fused-ring (bicyclic) bond motifs is 2. The molecule has 256 valence electrons. The molecule has 2 fully saturated rings. The number of thiophene rings is 1. The van der Waals surface area contributed by atoms with Gasteiger partial charge in [-0.2, -0.15) is 0 Å². The van der Waals surface area contributed by atoms with Crippen molar-refractivity contribution in [3.05, 3.63) is 44.3 Å². The minimum atomic E-state index is -1.26. The first-order valence-corrected chi connectivity index (χ1v) is 16.9. The number of esters is 1. The highest BCUT2D eigenvalue weighted by molar-refractivity contribution is 8.03. The Morgan fingerprint density at radius 2 is 1.89 bits per heavy atom. The Balaban J connectivity index is 0.000000259. The van der Waals surface area contributed by atoms with Gasteiger partial charge in [0.05, 0.1) is 37.4 Å². The molecule has 1 aromatic rings. The van der Waals surface area contributed by atoms with Gasteiger partial charge >= 0.3 is 17.9 Å². The average molecular weight is 714 g/mol. The lowest BCUT2D eigenvalue weighted by Gasteiger charge is -2.49. The van der Waals surface area contributed by atoms with E-state index in [2.05, 4.69) is 10.3 Å². The number of aliphatic hydroxyl groups excluding tert-OH is 1. The third-order valence-corrected chi connectivity index (χ3v) is 10.7. The Labute approximate surface area is 281 Å². The van der Waals surface area contributed by atoms with Crippen molar-refractivity contribution >= 4 is 76.8 Å². The Morgan fingerprint density at radius 3 is 2.47 bits per heavy atom. The highest BCUT2D eigenvalue weighted by atomic mass is 32.2. The van der Waals surface area contributed by atoms with Gasteiger partial charge in [0.25, 0.3) is 5.91 Å². The summed E-state index contributed by atoms with van der Waals surface area (Å²) in [5, 5.41) is 32.4. The molecule has 4 aliphatic heterocycles. The van der Waals surface area contributed by atoms with Gasteiger partial charge in [-0.25, -0.2) is 9.59 Å². The second kappa shape index (κ2) is 16.3. The number of rotatable bonds is 12. The summed E-state index contributed by atoms with van der Waals surface area (Å²) in [6, 6.07) is 2.70. The van der Waals surface area contributed by atoms with E-state index < -0.39 is 47.3 Å². The summed E-state index contributed by atoms with van der Waals surface area (Å²) in [6.07, 6.45) is 1.12. The maximum atomic E-state index is 12.4. The number of aliphatic hydroxyl groups is 1. The molecule has 0 aromatic carbocycles. The lowest BCUT2D eigenvalue weighted by Crippen LogP contribution is -2.70. The van der Waals surface area contributed by atoms with Crippen LogP contribution in [0.25, 0.3) is 0 Å². The van der Waals surface area contributed by atoms with Gasteiger partial charge in [-0.05, 0) is 18.4 Å². The highest BCUT2D eigenvalue weighted by Gasteiger charge is 2.57. The van der Waals surface area contributed by atoms with Crippen LogP contribution < -0.4 is 11.1 Å². The Kier molecular flexibility index (Phi) is 13.0. The van der Waals surface area contributed by atoms with Crippen LogP contribution in [0.15, 0.2) is 44.4 Å². The monoisotopic (exact) mass is 713 g/mol. The molecule has 5 heterocycles. The van der Waals surface area contributed by atoms with Crippen LogP contribution in [0, 0.1) is 5.92 Å². The summed E-state index contributed by atoms with van der Waals surface area (Å²) in [6.45, 7) is 3.11. The predicted octanol–water partition coefficient (Wildman–Crippen LogP) is -0.618. The summed E-state index contributed by atoms with van der Waals surface area (Å²) < 4.78 is 4.87. The van der Waals surface area contributed by atoms with Crippen molar-refractivity contribution in [2.24, 2.45) is 16.6 Å². The van der Waals surface area contributed by atoms with E-state index >= 15 is 0 Å². The molecule has 2 saturated heterocycles. The van der Waals surface area contributed by atoms with Crippen molar-refractivity contribution in [3.63, 3.8) is 0 Å². The third kappa shape index (κ3) is 8.15. The van der Waals surface area contributed by atoms with E-state index in [1.165, 1.54) is 53.0 Å². The smallest absolute Gasteiger partial charge is 0.353 e. The summed E-state index contributed by atoms with van der Waals surface area (Å²) in [5.74, 6) is -3.53. The molecule has 16 nitrogen and oxygen atoms in total. The van der Waals surface area contributed by atoms with Crippen LogP contribution in [0.5, 0.6) is 0 Å². The van der Waals surface area contributed by atoms with Gasteiger partial charge < -0.3 is 41.5 Å². The number of carbonyl (C=O) groups excluding carboxylic acids is 4. The number of β-lactam (4-membered cyclic amide) rings is 2.